The van der Waals surface area contributed by atoms with Crippen LogP contribution in [0.4, 0.5) is 0 Å². The molecule has 2 rings (SSSR count). The van der Waals surface area contributed by atoms with Gasteiger partial charge in [-0.3, -0.25) is 4.79 Å². The van der Waals surface area contributed by atoms with Gasteiger partial charge in [0.15, 0.2) is 5.75 Å². The van der Waals surface area contributed by atoms with E-state index in [-0.39, 0.29) is 21.3 Å². The predicted molar refractivity (Wildman–Crippen MR) is 82.5 cm³/mol. The molecule has 0 saturated carbocycles. The van der Waals surface area contributed by atoms with Crippen LogP contribution in [0, 0.1) is 6.92 Å². The van der Waals surface area contributed by atoms with Gasteiger partial charge in [0, 0.05) is 0 Å². The Balaban J connectivity index is 2.22. The van der Waals surface area contributed by atoms with Gasteiger partial charge in [-0.15, -0.1) is 11.3 Å². The van der Waals surface area contributed by atoms with Gasteiger partial charge < -0.3 is 10.8 Å². The molecule has 22 heavy (non-hydrogen) atoms. The fraction of sp³-hybridized carbons (Fsp3) is 0.167. The number of hydrogen-bond acceptors (Lipinski definition) is 6. The fourth-order valence-corrected chi connectivity index (χ4v) is 3.99. The highest BCUT2D eigenvalue weighted by molar-refractivity contribution is 7.89. The first-order valence-corrected chi connectivity index (χ1v) is 8.63. The maximum Gasteiger partial charge on any atom is 0.260 e. The van der Waals surface area contributed by atoms with E-state index in [1.54, 1.807) is 6.92 Å². The van der Waals surface area contributed by atoms with Gasteiger partial charge in [0.1, 0.15) is 14.8 Å². The minimum absolute atomic E-state index is 0.0658. The highest BCUT2D eigenvalue weighted by atomic mass is 35.5. The summed E-state index contributed by atoms with van der Waals surface area (Å²) in [5.74, 6) is -1.14. The smallest absolute Gasteiger partial charge is 0.260 e. The number of primary amides is 1. The maximum absolute atomic E-state index is 12.2. The summed E-state index contributed by atoms with van der Waals surface area (Å²) in [5, 5.41) is 10.0. The average molecular weight is 362 g/mol. The molecule has 0 aliphatic carbocycles. The number of nitrogens with one attached hydrogen (secondary N) is 1. The van der Waals surface area contributed by atoms with E-state index in [4.69, 9.17) is 17.3 Å². The van der Waals surface area contributed by atoms with Crippen LogP contribution < -0.4 is 10.5 Å². The number of carbonyl (C=O) groups is 1. The van der Waals surface area contributed by atoms with E-state index in [2.05, 4.69) is 9.71 Å². The lowest BCUT2D eigenvalue weighted by Gasteiger charge is -2.08. The van der Waals surface area contributed by atoms with Crippen LogP contribution in [0.15, 0.2) is 23.1 Å². The molecule has 0 spiro atoms. The Bertz CT molecular complexity index is 833. The highest BCUT2D eigenvalue weighted by Crippen LogP contribution is 2.30. The van der Waals surface area contributed by atoms with Crippen LogP contribution in [-0.2, 0) is 16.6 Å². The van der Waals surface area contributed by atoms with Crippen molar-refractivity contribution in [2.24, 2.45) is 5.73 Å². The fourth-order valence-electron chi connectivity index (χ4n) is 1.70. The summed E-state index contributed by atoms with van der Waals surface area (Å²) in [7, 11) is -3.97. The van der Waals surface area contributed by atoms with Crippen LogP contribution in [0.2, 0.25) is 5.02 Å². The van der Waals surface area contributed by atoms with Crippen LogP contribution in [0.3, 0.4) is 0 Å². The number of nitrogens with zero attached hydrogens (tertiary/aromatic N) is 1. The highest BCUT2D eigenvalue weighted by Gasteiger charge is 2.21. The molecule has 0 fully saturated rings. The molecular weight excluding hydrogens is 350 g/mol. The predicted octanol–water partition coefficient (Wildman–Crippen LogP) is 1.39. The molecule has 10 heteroatoms. The van der Waals surface area contributed by atoms with Crippen molar-refractivity contribution < 1.29 is 18.3 Å². The number of sulfonamides is 1. The standard InChI is InChI=1S/C12H12ClN3O4S2/c1-6-11(12(14)18)21-9(16-6)5-15-22(19,20)8-4-2-3-7(13)10(8)17/h2-4,15,17H,5H2,1H3,(H2,14,18). The summed E-state index contributed by atoms with van der Waals surface area (Å²) in [4.78, 5) is 15.2. The Morgan fingerprint density at radius 2 is 2.18 bits per heavy atom. The van der Waals surface area contributed by atoms with E-state index >= 15 is 0 Å². The lowest BCUT2D eigenvalue weighted by molar-refractivity contribution is 0.100. The molecule has 1 aromatic carbocycles. The number of nitrogens with two attached hydrogens (primary N) is 1. The van der Waals surface area contributed by atoms with Crippen molar-refractivity contribution in [3.63, 3.8) is 0 Å². The lowest BCUT2D eigenvalue weighted by Crippen LogP contribution is -2.23. The summed E-state index contributed by atoms with van der Waals surface area (Å²) in [6.07, 6.45) is 0. The van der Waals surface area contributed by atoms with Crippen molar-refractivity contribution >= 4 is 38.9 Å². The normalized spacial score (nSPS) is 11.5. The number of aryl methyl sites for hydroxylation is 1. The molecule has 118 valence electrons. The minimum atomic E-state index is -3.97. The molecule has 0 saturated heterocycles. The van der Waals surface area contributed by atoms with Crippen LogP contribution >= 0.6 is 22.9 Å². The molecule has 0 atom stereocenters. The van der Waals surface area contributed by atoms with Gasteiger partial charge in [0.2, 0.25) is 10.0 Å². The second-order valence-electron chi connectivity index (χ2n) is 4.30. The van der Waals surface area contributed by atoms with Crippen molar-refractivity contribution in [1.82, 2.24) is 9.71 Å². The molecule has 0 aliphatic heterocycles. The van der Waals surface area contributed by atoms with Crippen molar-refractivity contribution in [1.29, 1.82) is 0 Å². The zero-order valence-corrected chi connectivity index (χ0v) is 13.7. The average Bonchev–Trinajstić information content (AvgIpc) is 2.81. The van der Waals surface area contributed by atoms with E-state index < -0.39 is 21.7 Å². The third-order valence-electron chi connectivity index (χ3n) is 2.72. The number of para-hydroxylation sites is 1. The molecule has 0 bridgehead atoms. The molecular formula is C12H12ClN3O4S2. The van der Waals surface area contributed by atoms with Crippen LogP contribution in [0.5, 0.6) is 5.75 Å². The molecule has 1 amide bonds. The number of aromatic hydroxyl groups is 1. The largest absolute Gasteiger partial charge is 0.505 e. The topological polar surface area (TPSA) is 122 Å². The molecule has 7 nitrogen and oxygen atoms in total. The van der Waals surface area contributed by atoms with Crippen molar-refractivity contribution in [3.05, 3.63) is 38.8 Å². The second kappa shape index (κ2) is 6.21. The van der Waals surface area contributed by atoms with Gasteiger partial charge in [-0.2, -0.15) is 0 Å². The Morgan fingerprint density at radius 3 is 2.77 bits per heavy atom. The van der Waals surface area contributed by atoms with Gasteiger partial charge in [-0.05, 0) is 19.1 Å². The van der Waals surface area contributed by atoms with Gasteiger partial charge in [0.25, 0.3) is 5.91 Å². The molecule has 4 N–H and O–H groups in total. The van der Waals surface area contributed by atoms with Gasteiger partial charge in [0.05, 0.1) is 17.3 Å². The van der Waals surface area contributed by atoms with Crippen molar-refractivity contribution in [2.45, 2.75) is 18.4 Å². The summed E-state index contributed by atoms with van der Waals surface area (Å²) in [5.41, 5.74) is 5.62. The molecule has 1 heterocycles. The Labute approximate surface area is 135 Å². The molecule has 0 unspecified atom stereocenters. The number of rotatable bonds is 5. The quantitative estimate of drug-likeness (QED) is 0.742. The van der Waals surface area contributed by atoms with E-state index in [1.165, 1.54) is 18.2 Å². The summed E-state index contributed by atoms with van der Waals surface area (Å²) in [6.45, 7) is 1.48. The number of phenols is 1. The number of benzene rings is 1. The summed E-state index contributed by atoms with van der Waals surface area (Å²) in [6, 6.07) is 4.01. The van der Waals surface area contributed by atoms with Crippen molar-refractivity contribution in [2.75, 3.05) is 0 Å². The molecule has 1 aromatic heterocycles. The zero-order chi connectivity index (χ0) is 16.5. The zero-order valence-electron chi connectivity index (χ0n) is 11.3. The first kappa shape index (κ1) is 16.7. The number of aromatic nitrogens is 1. The van der Waals surface area contributed by atoms with Gasteiger partial charge in [-0.1, -0.05) is 17.7 Å². The lowest BCUT2D eigenvalue weighted by atomic mass is 10.3. The van der Waals surface area contributed by atoms with Gasteiger partial charge >= 0.3 is 0 Å². The summed E-state index contributed by atoms with van der Waals surface area (Å²) >= 11 is 6.70. The summed E-state index contributed by atoms with van der Waals surface area (Å²) < 4.78 is 26.6. The Hall–Kier alpha value is -1.68. The molecule has 0 aliphatic rings. The maximum atomic E-state index is 12.2. The van der Waals surface area contributed by atoms with Crippen LogP contribution in [0.1, 0.15) is 20.4 Å². The first-order valence-electron chi connectivity index (χ1n) is 5.95. The van der Waals surface area contributed by atoms with Crippen LogP contribution in [0.25, 0.3) is 0 Å². The number of carbonyl (C=O) groups excluding carboxylic acids is 1. The Kier molecular flexibility index (Phi) is 4.71. The number of halogens is 1. The Morgan fingerprint density at radius 1 is 1.50 bits per heavy atom. The number of thiazole rings is 1. The van der Waals surface area contributed by atoms with E-state index in [1.807, 2.05) is 0 Å². The third kappa shape index (κ3) is 3.38. The number of hydrogen-bond donors (Lipinski definition) is 3. The molecule has 2 aromatic rings. The number of phenolic OH excluding ortho intramolecular Hbond substituents is 1. The van der Waals surface area contributed by atoms with Crippen molar-refractivity contribution in [3.8, 4) is 5.75 Å². The minimum Gasteiger partial charge on any atom is -0.505 e. The van der Waals surface area contributed by atoms with Gasteiger partial charge in [-0.25, -0.2) is 18.1 Å². The monoisotopic (exact) mass is 361 g/mol. The van der Waals surface area contributed by atoms with Crippen LogP contribution in [-0.4, -0.2) is 24.4 Å². The first-order chi connectivity index (χ1) is 10.2. The second-order valence-corrected chi connectivity index (χ2v) is 7.52. The van der Waals surface area contributed by atoms with E-state index in [9.17, 15) is 18.3 Å². The van der Waals surface area contributed by atoms with E-state index in [0.29, 0.717) is 10.7 Å². The SMILES string of the molecule is Cc1nc(CNS(=O)(=O)c2cccc(Cl)c2O)sc1C(N)=O. The number of amides is 1. The van der Waals surface area contributed by atoms with E-state index in [0.717, 1.165) is 11.3 Å². The third-order valence-corrected chi connectivity index (χ3v) is 5.63. The molecule has 0 radical (unpaired) electrons.